The molecule has 0 radical (unpaired) electrons. The Kier molecular flexibility index (Phi) is 4.30. The SMILES string of the molecule is CCCc1nc(NN)cc(N(C)CC)n1. The van der Waals surface area contributed by atoms with Crippen molar-refractivity contribution in [3.63, 3.8) is 0 Å². The average molecular weight is 209 g/mol. The molecule has 0 aliphatic rings. The Morgan fingerprint density at radius 2 is 2.13 bits per heavy atom. The summed E-state index contributed by atoms with van der Waals surface area (Å²) in [7, 11) is 2.00. The minimum atomic E-state index is 0.670. The molecule has 84 valence electrons. The number of nitrogen functional groups attached to an aromatic ring is 1. The van der Waals surface area contributed by atoms with E-state index in [4.69, 9.17) is 5.84 Å². The van der Waals surface area contributed by atoms with E-state index in [1.807, 2.05) is 13.1 Å². The van der Waals surface area contributed by atoms with Gasteiger partial charge in [0.2, 0.25) is 0 Å². The van der Waals surface area contributed by atoms with Crippen molar-refractivity contribution < 1.29 is 0 Å². The number of rotatable bonds is 5. The van der Waals surface area contributed by atoms with E-state index < -0.39 is 0 Å². The van der Waals surface area contributed by atoms with E-state index in [1.165, 1.54) is 0 Å². The van der Waals surface area contributed by atoms with Gasteiger partial charge in [-0.05, 0) is 13.3 Å². The maximum absolute atomic E-state index is 5.37. The van der Waals surface area contributed by atoms with E-state index >= 15 is 0 Å². The number of nitrogens with zero attached hydrogens (tertiary/aromatic N) is 3. The molecule has 0 aliphatic heterocycles. The lowest BCUT2D eigenvalue weighted by molar-refractivity contribution is 0.819. The second kappa shape index (κ2) is 5.50. The van der Waals surface area contributed by atoms with Crippen molar-refractivity contribution in [1.82, 2.24) is 9.97 Å². The molecule has 1 rings (SSSR count). The third-order valence-corrected chi connectivity index (χ3v) is 2.25. The number of nitrogens with one attached hydrogen (secondary N) is 1. The lowest BCUT2D eigenvalue weighted by Crippen LogP contribution is -2.19. The predicted octanol–water partition coefficient (Wildman–Crippen LogP) is 1.17. The van der Waals surface area contributed by atoms with Crippen LogP contribution >= 0.6 is 0 Å². The molecule has 0 unspecified atom stereocenters. The molecule has 1 aromatic rings. The Hall–Kier alpha value is -1.36. The normalized spacial score (nSPS) is 10.1. The number of hydrazine groups is 1. The van der Waals surface area contributed by atoms with Gasteiger partial charge in [-0.25, -0.2) is 15.8 Å². The monoisotopic (exact) mass is 209 g/mol. The van der Waals surface area contributed by atoms with Crippen LogP contribution in [0.5, 0.6) is 0 Å². The van der Waals surface area contributed by atoms with Crippen molar-refractivity contribution >= 4 is 11.6 Å². The maximum atomic E-state index is 5.37. The molecule has 0 fully saturated rings. The summed E-state index contributed by atoms with van der Waals surface area (Å²) in [5.74, 6) is 7.78. The molecule has 0 saturated heterocycles. The first-order valence-electron chi connectivity index (χ1n) is 5.27. The Morgan fingerprint density at radius 1 is 1.40 bits per heavy atom. The number of anilines is 2. The van der Waals surface area contributed by atoms with Crippen LogP contribution in [0, 0.1) is 0 Å². The van der Waals surface area contributed by atoms with Crippen molar-refractivity contribution in [2.45, 2.75) is 26.7 Å². The summed E-state index contributed by atoms with van der Waals surface area (Å²) in [6.45, 7) is 5.10. The minimum Gasteiger partial charge on any atom is -0.360 e. The molecule has 15 heavy (non-hydrogen) atoms. The summed E-state index contributed by atoms with van der Waals surface area (Å²) >= 11 is 0. The first-order chi connectivity index (χ1) is 7.21. The summed E-state index contributed by atoms with van der Waals surface area (Å²) < 4.78 is 0. The predicted molar refractivity (Wildman–Crippen MR) is 62.8 cm³/mol. The van der Waals surface area contributed by atoms with E-state index in [9.17, 15) is 0 Å². The quantitative estimate of drug-likeness (QED) is 0.563. The van der Waals surface area contributed by atoms with Crippen molar-refractivity contribution in [2.75, 3.05) is 23.9 Å². The third-order valence-electron chi connectivity index (χ3n) is 2.25. The van der Waals surface area contributed by atoms with Crippen LogP contribution in [0.1, 0.15) is 26.1 Å². The van der Waals surface area contributed by atoms with Crippen LogP contribution in [0.2, 0.25) is 0 Å². The van der Waals surface area contributed by atoms with Crippen LogP contribution in [0.4, 0.5) is 11.6 Å². The number of hydrogen-bond acceptors (Lipinski definition) is 5. The Bertz CT molecular complexity index is 313. The highest BCUT2D eigenvalue weighted by molar-refractivity contribution is 5.48. The summed E-state index contributed by atoms with van der Waals surface area (Å²) in [5.41, 5.74) is 2.57. The standard InChI is InChI=1S/C10H19N5/c1-4-6-8-12-9(14-11)7-10(13-8)15(3)5-2/h7H,4-6,11H2,1-3H3,(H,12,13,14). The topological polar surface area (TPSA) is 67.1 Å². The molecule has 0 spiro atoms. The van der Waals surface area contributed by atoms with Crippen molar-refractivity contribution in [3.8, 4) is 0 Å². The molecular weight excluding hydrogens is 190 g/mol. The molecule has 0 aliphatic carbocycles. The van der Waals surface area contributed by atoms with Gasteiger partial charge in [-0.1, -0.05) is 6.92 Å². The van der Waals surface area contributed by atoms with Crippen LogP contribution in [0.25, 0.3) is 0 Å². The lowest BCUT2D eigenvalue weighted by Gasteiger charge is -2.17. The molecule has 1 heterocycles. The van der Waals surface area contributed by atoms with Gasteiger partial charge in [0, 0.05) is 26.1 Å². The molecular formula is C10H19N5. The molecule has 1 aromatic heterocycles. The minimum absolute atomic E-state index is 0.670. The van der Waals surface area contributed by atoms with Gasteiger partial charge in [0.15, 0.2) is 0 Å². The largest absolute Gasteiger partial charge is 0.360 e. The van der Waals surface area contributed by atoms with Crippen LogP contribution in [0.15, 0.2) is 6.07 Å². The van der Waals surface area contributed by atoms with Gasteiger partial charge in [-0.2, -0.15) is 0 Å². The fourth-order valence-corrected chi connectivity index (χ4v) is 1.25. The summed E-state index contributed by atoms with van der Waals surface area (Å²) in [5, 5.41) is 0. The van der Waals surface area contributed by atoms with E-state index in [1.54, 1.807) is 0 Å². The summed E-state index contributed by atoms with van der Waals surface area (Å²) in [6, 6.07) is 1.85. The molecule has 3 N–H and O–H groups in total. The fourth-order valence-electron chi connectivity index (χ4n) is 1.25. The van der Waals surface area contributed by atoms with Crippen molar-refractivity contribution in [1.29, 1.82) is 0 Å². The van der Waals surface area contributed by atoms with Crippen molar-refractivity contribution in [2.24, 2.45) is 5.84 Å². The molecule has 0 amide bonds. The third kappa shape index (κ3) is 3.06. The van der Waals surface area contributed by atoms with Crippen LogP contribution < -0.4 is 16.2 Å². The van der Waals surface area contributed by atoms with Crippen LogP contribution in [-0.2, 0) is 6.42 Å². The number of aryl methyl sites for hydroxylation is 1. The van der Waals surface area contributed by atoms with E-state index in [0.29, 0.717) is 5.82 Å². The molecule has 0 bridgehead atoms. The summed E-state index contributed by atoms with van der Waals surface area (Å²) in [6.07, 6.45) is 1.91. The number of hydrogen-bond donors (Lipinski definition) is 2. The molecule has 0 aromatic carbocycles. The Balaban J connectivity index is 2.99. The molecule has 0 atom stereocenters. The highest BCUT2D eigenvalue weighted by Gasteiger charge is 2.05. The number of nitrogens with two attached hydrogens (primary N) is 1. The second-order valence-electron chi connectivity index (χ2n) is 3.44. The molecule has 5 nitrogen and oxygen atoms in total. The van der Waals surface area contributed by atoms with E-state index in [0.717, 1.165) is 31.0 Å². The number of aromatic nitrogens is 2. The zero-order chi connectivity index (χ0) is 11.3. The van der Waals surface area contributed by atoms with E-state index in [2.05, 4.69) is 34.1 Å². The van der Waals surface area contributed by atoms with Gasteiger partial charge < -0.3 is 10.3 Å². The van der Waals surface area contributed by atoms with Crippen molar-refractivity contribution in [3.05, 3.63) is 11.9 Å². The van der Waals surface area contributed by atoms with Crippen LogP contribution in [-0.4, -0.2) is 23.6 Å². The molecule has 0 saturated carbocycles. The Morgan fingerprint density at radius 3 is 2.67 bits per heavy atom. The van der Waals surface area contributed by atoms with E-state index in [-0.39, 0.29) is 0 Å². The first-order valence-corrected chi connectivity index (χ1v) is 5.27. The smallest absolute Gasteiger partial charge is 0.145 e. The molecule has 5 heteroatoms. The van der Waals surface area contributed by atoms with Gasteiger partial charge in [-0.15, -0.1) is 0 Å². The van der Waals surface area contributed by atoms with Crippen LogP contribution in [0.3, 0.4) is 0 Å². The fraction of sp³-hybridized carbons (Fsp3) is 0.600. The summed E-state index contributed by atoms with van der Waals surface area (Å²) in [4.78, 5) is 10.8. The maximum Gasteiger partial charge on any atom is 0.145 e. The average Bonchev–Trinajstić information content (AvgIpc) is 2.28. The Labute approximate surface area is 90.7 Å². The van der Waals surface area contributed by atoms with Gasteiger partial charge in [0.05, 0.1) is 0 Å². The van der Waals surface area contributed by atoms with Gasteiger partial charge in [-0.3, -0.25) is 0 Å². The van der Waals surface area contributed by atoms with Gasteiger partial charge in [0.25, 0.3) is 0 Å². The lowest BCUT2D eigenvalue weighted by atomic mass is 10.3. The second-order valence-corrected chi connectivity index (χ2v) is 3.44. The zero-order valence-corrected chi connectivity index (χ0v) is 9.62. The highest BCUT2D eigenvalue weighted by Crippen LogP contribution is 2.14. The first kappa shape index (κ1) is 11.7. The van der Waals surface area contributed by atoms with Gasteiger partial charge in [0.1, 0.15) is 17.5 Å². The van der Waals surface area contributed by atoms with Gasteiger partial charge >= 0.3 is 0 Å². The zero-order valence-electron chi connectivity index (χ0n) is 9.62. The highest BCUT2D eigenvalue weighted by atomic mass is 15.3.